The van der Waals surface area contributed by atoms with E-state index in [-0.39, 0.29) is 17.8 Å². The monoisotopic (exact) mass is 423 g/mol. The van der Waals surface area contributed by atoms with Crippen molar-refractivity contribution in [2.24, 2.45) is 0 Å². The number of hydrogen-bond acceptors (Lipinski definition) is 6. The molecule has 1 N–H and O–H groups in total. The normalized spacial score (nSPS) is 10.9. The summed E-state index contributed by atoms with van der Waals surface area (Å²) in [6, 6.07) is 19.9. The molecule has 2 aromatic carbocycles. The van der Waals surface area contributed by atoms with E-state index >= 15 is 0 Å². The van der Waals surface area contributed by atoms with Gasteiger partial charge in [-0.15, -0.1) is 0 Å². The van der Waals surface area contributed by atoms with Crippen LogP contribution in [0.25, 0.3) is 16.6 Å². The largest absolute Gasteiger partial charge is 0.319 e. The molecule has 0 unspecified atom stereocenters. The number of amides is 1. The Morgan fingerprint density at radius 1 is 0.938 bits per heavy atom. The summed E-state index contributed by atoms with van der Waals surface area (Å²) in [5, 5.41) is 12.2. The fourth-order valence-electron chi connectivity index (χ4n) is 3.38. The SMILES string of the molecule is O=C(Nc1ccc(-n2cncn2)nc1)c1nn(Cc2ccccc2)c(=O)c2ccccc12. The lowest BCUT2D eigenvalue weighted by Crippen LogP contribution is -2.28. The van der Waals surface area contributed by atoms with Crippen molar-refractivity contribution in [1.29, 1.82) is 0 Å². The first-order valence-electron chi connectivity index (χ1n) is 9.85. The van der Waals surface area contributed by atoms with Crippen LogP contribution in [0.5, 0.6) is 0 Å². The Bertz CT molecular complexity index is 1440. The zero-order valence-corrected chi connectivity index (χ0v) is 16.8. The number of nitrogens with one attached hydrogen (secondary N) is 1. The standard InChI is InChI=1S/C23H17N7O2/c31-22(27-17-10-11-20(25-12-17)30-15-24-14-26-30)21-18-8-4-5-9-19(18)23(32)29(28-21)13-16-6-2-1-3-7-16/h1-12,14-15H,13H2,(H,27,31). The molecule has 0 saturated heterocycles. The molecular weight excluding hydrogens is 406 g/mol. The highest BCUT2D eigenvalue weighted by Crippen LogP contribution is 2.16. The van der Waals surface area contributed by atoms with Gasteiger partial charge in [-0.1, -0.05) is 48.5 Å². The maximum Gasteiger partial charge on any atom is 0.276 e. The number of benzene rings is 2. The van der Waals surface area contributed by atoms with Crippen LogP contribution in [0.2, 0.25) is 0 Å². The Labute approximate surface area is 182 Å². The Kier molecular flexibility index (Phi) is 4.97. The van der Waals surface area contributed by atoms with Crippen molar-refractivity contribution in [3.8, 4) is 5.82 Å². The summed E-state index contributed by atoms with van der Waals surface area (Å²) in [7, 11) is 0. The molecule has 5 aromatic rings. The van der Waals surface area contributed by atoms with Crippen LogP contribution in [0.15, 0.2) is 90.4 Å². The topological polar surface area (TPSA) is 108 Å². The fraction of sp³-hybridized carbons (Fsp3) is 0.0435. The molecule has 0 aliphatic heterocycles. The molecule has 0 fully saturated rings. The molecule has 0 saturated carbocycles. The molecule has 3 aromatic heterocycles. The number of nitrogens with zero attached hydrogens (tertiary/aromatic N) is 6. The molecular formula is C23H17N7O2. The van der Waals surface area contributed by atoms with Crippen LogP contribution in [0, 0.1) is 0 Å². The Morgan fingerprint density at radius 3 is 2.44 bits per heavy atom. The Balaban J connectivity index is 1.49. The fourth-order valence-corrected chi connectivity index (χ4v) is 3.38. The van der Waals surface area contributed by atoms with Crippen LogP contribution in [-0.2, 0) is 6.54 Å². The highest BCUT2D eigenvalue weighted by molar-refractivity contribution is 6.11. The summed E-state index contributed by atoms with van der Waals surface area (Å²) in [4.78, 5) is 34.3. The number of pyridine rings is 1. The summed E-state index contributed by atoms with van der Waals surface area (Å²) in [5.41, 5.74) is 1.32. The number of hydrogen-bond donors (Lipinski definition) is 1. The molecule has 0 radical (unpaired) electrons. The second-order valence-corrected chi connectivity index (χ2v) is 7.04. The molecule has 156 valence electrons. The van der Waals surface area contributed by atoms with Gasteiger partial charge in [0, 0.05) is 5.39 Å². The predicted molar refractivity (Wildman–Crippen MR) is 119 cm³/mol. The molecule has 9 nitrogen and oxygen atoms in total. The number of carbonyl (C=O) groups is 1. The second-order valence-electron chi connectivity index (χ2n) is 7.04. The first-order chi connectivity index (χ1) is 15.7. The average Bonchev–Trinajstić information content (AvgIpc) is 3.37. The molecule has 0 bridgehead atoms. The average molecular weight is 423 g/mol. The number of aromatic nitrogens is 6. The van der Waals surface area contributed by atoms with E-state index in [2.05, 4.69) is 25.5 Å². The van der Waals surface area contributed by atoms with E-state index in [1.165, 1.54) is 28.2 Å². The third-order valence-corrected chi connectivity index (χ3v) is 4.92. The molecule has 32 heavy (non-hydrogen) atoms. The Morgan fingerprint density at radius 2 is 1.72 bits per heavy atom. The van der Waals surface area contributed by atoms with Crippen LogP contribution in [-0.4, -0.2) is 35.4 Å². The van der Waals surface area contributed by atoms with Crippen molar-refractivity contribution in [3.63, 3.8) is 0 Å². The number of anilines is 1. The smallest absolute Gasteiger partial charge is 0.276 e. The van der Waals surface area contributed by atoms with E-state index in [0.29, 0.717) is 22.3 Å². The molecule has 5 rings (SSSR count). The minimum Gasteiger partial charge on any atom is -0.319 e. The first kappa shape index (κ1) is 19.3. The predicted octanol–water partition coefficient (Wildman–Crippen LogP) is 2.67. The second kappa shape index (κ2) is 8.23. The summed E-state index contributed by atoms with van der Waals surface area (Å²) < 4.78 is 2.83. The molecule has 1 amide bonds. The van der Waals surface area contributed by atoms with Gasteiger partial charge < -0.3 is 5.32 Å². The van der Waals surface area contributed by atoms with Gasteiger partial charge in [0.05, 0.1) is 23.8 Å². The molecule has 0 atom stereocenters. The summed E-state index contributed by atoms with van der Waals surface area (Å²) >= 11 is 0. The third kappa shape index (κ3) is 3.74. The van der Waals surface area contributed by atoms with Crippen molar-refractivity contribution in [1.82, 2.24) is 29.5 Å². The molecule has 0 aliphatic carbocycles. The minimum absolute atomic E-state index is 0.163. The van der Waals surface area contributed by atoms with Crippen LogP contribution in [0.1, 0.15) is 16.1 Å². The maximum atomic E-state index is 13.1. The highest BCUT2D eigenvalue weighted by atomic mass is 16.2. The molecule has 0 spiro atoms. The lowest BCUT2D eigenvalue weighted by molar-refractivity contribution is 0.102. The number of fused-ring (bicyclic) bond motifs is 1. The van der Waals surface area contributed by atoms with Crippen molar-refractivity contribution in [3.05, 3.63) is 107 Å². The van der Waals surface area contributed by atoms with Gasteiger partial charge in [-0.25, -0.2) is 19.3 Å². The van der Waals surface area contributed by atoms with E-state index in [1.54, 1.807) is 36.4 Å². The summed E-state index contributed by atoms with van der Waals surface area (Å²) in [5.74, 6) is 0.138. The lowest BCUT2D eigenvalue weighted by atomic mass is 10.1. The minimum atomic E-state index is -0.432. The first-order valence-corrected chi connectivity index (χ1v) is 9.85. The summed E-state index contributed by atoms with van der Waals surface area (Å²) in [6.07, 6.45) is 4.47. The zero-order chi connectivity index (χ0) is 21.9. The van der Waals surface area contributed by atoms with Gasteiger partial charge >= 0.3 is 0 Å². The molecule has 9 heteroatoms. The number of carbonyl (C=O) groups excluding carboxylic acids is 1. The van der Waals surface area contributed by atoms with Gasteiger partial charge in [-0.3, -0.25) is 9.59 Å². The van der Waals surface area contributed by atoms with Gasteiger partial charge in [0.1, 0.15) is 12.7 Å². The zero-order valence-electron chi connectivity index (χ0n) is 16.8. The van der Waals surface area contributed by atoms with E-state index in [4.69, 9.17) is 0 Å². The van der Waals surface area contributed by atoms with Crippen molar-refractivity contribution < 1.29 is 4.79 Å². The van der Waals surface area contributed by atoms with E-state index in [0.717, 1.165) is 5.56 Å². The highest BCUT2D eigenvalue weighted by Gasteiger charge is 2.17. The lowest BCUT2D eigenvalue weighted by Gasteiger charge is -2.11. The van der Waals surface area contributed by atoms with Crippen molar-refractivity contribution >= 4 is 22.4 Å². The van der Waals surface area contributed by atoms with Gasteiger partial charge in [0.25, 0.3) is 11.5 Å². The van der Waals surface area contributed by atoms with E-state index in [1.807, 2.05) is 30.3 Å². The molecule has 3 heterocycles. The van der Waals surface area contributed by atoms with Crippen LogP contribution in [0.4, 0.5) is 5.69 Å². The van der Waals surface area contributed by atoms with Gasteiger partial charge in [0.2, 0.25) is 0 Å². The van der Waals surface area contributed by atoms with E-state index < -0.39 is 5.91 Å². The van der Waals surface area contributed by atoms with Crippen molar-refractivity contribution in [2.75, 3.05) is 5.32 Å². The summed E-state index contributed by atoms with van der Waals surface area (Å²) in [6.45, 7) is 0.263. The van der Waals surface area contributed by atoms with E-state index in [9.17, 15) is 9.59 Å². The van der Waals surface area contributed by atoms with Gasteiger partial charge in [-0.05, 0) is 23.8 Å². The van der Waals surface area contributed by atoms with Gasteiger partial charge in [0.15, 0.2) is 11.5 Å². The van der Waals surface area contributed by atoms with Crippen molar-refractivity contribution in [2.45, 2.75) is 6.54 Å². The van der Waals surface area contributed by atoms with Gasteiger partial charge in [-0.2, -0.15) is 10.2 Å². The van der Waals surface area contributed by atoms with Crippen LogP contribution >= 0.6 is 0 Å². The Hall–Kier alpha value is -4.66. The third-order valence-electron chi connectivity index (χ3n) is 4.92. The maximum absolute atomic E-state index is 13.1. The number of rotatable bonds is 5. The molecule has 0 aliphatic rings. The van der Waals surface area contributed by atoms with Crippen LogP contribution in [0.3, 0.4) is 0 Å². The van der Waals surface area contributed by atoms with Crippen LogP contribution < -0.4 is 10.9 Å². The quantitative estimate of drug-likeness (QED) is 0.466.